The average molecular weight is 296 g/mol. The number of nitrogens with zero attached hydrogens (tertiary/aromatic N) is 1. The summed E-state index contributed by atoms with van der Waals surface area (Å²) in [5.41, 5.74) is 12.9. The summed E-state index contributed by atoms with van der Waals surface area (Å²) in [5, 5.41) is 0.493. The average Bonchev–Trinajstić information content (AvgIpc) is 2.33. The molecule has 1 heterocycles. The summed E-state index contributed by atoms with van der Waals surface area (Å²) in [6, 6.07) is 3.60. The van der Waals surface area contributed by atoms with Crippen molar-refractivity contribution in [1.82, 2.24) is 0 Å². The second-order valence-electron chi connectivity index (χ2n) is 5.97. The minimum atomic E-state index is -0.493. The quantitative estimate of drug-likeness (QED) is 0.824. The molecule has 0 radical (unpaired) electrons. The Morgan fingerprint density at radius 3 is 2.60 bits per heavy atom. The van der Waals surface area contributed by atoms with Crippen LogP contribution in [0.2, 0.25) is 5.02 Å². The zero-order valence-corrected chi connectivity index (χ0v) is 12.9. The van der Waals surface area contributed by atoms with Crippen molar-refractivity contribution in [2.24, 2.45) is 17.6 Å². The molecule has 0 spiro atoms. The molecule has 1 aliphatic rings. The Balaban J connectivity index is 2.53. The Bertz CT molecular complexity index is 532. The fourth-order valence-electron chi connectivity index (χ4n) is 3.11. The Hall–Kier alpha value is -1.42. The lowest BCUT2D eigenvalue weighted by Gasteiger charge is -2.43. The van der Waals surface area contributed by atoms with Crippen LogP contribution in [0.1, 0.15) is 37.6 Å². The number of hydrogen-bond donors (Lipinski definition) is 2. The fraction of sp³-hybridized carbons (Fsp3) is 0.533. The molecule has 20 heavy (non-hydrogen) atoms. The van der Waals surface area contributed by atoms with Crippen LogP contribution >= 0.6 is 11.6 Å². The van der Waals surface area contributed by atoms with Crippen molar-refractivity contribution in [2.45, 2.75) is 33.2 Å². The Morgan fingerprint density at radius 1 is 1.35 bits per heavy atom. The van der Waals surface area contributed by atoms with E-state index >= 15 is 0 Å². The standard InChI is InChI=1S/C15H22ClN3O/c1-8-4-9(2)10(3)19(7-8)14-12(15(18)20)5-11(17)6-13(14)16/h5-6,8-10H,4,7,17H2,1-3H3,(H2,18,20). The van der Waals surface area contributed by atoms with Crippen molar-refractivity contribution in [3.63, 3.8) is 0 Å². The molecule has 1 aromatic rings. The van der Waals surface area contributed by atoms with Gasteiger partial charge in [0.2, 0.25) is 0 Å². The van der Waals surface area contributed by atoms with Gasteiger partial charge in [-0.1, -0.05) is 25.4 Å². The third-order valence-electron chi connectivity index (χ3n) is 4.24. The number of nitrogen functional groups attached to an aromatic ring is 1. The van der Waals surface area contributed by atoms with E-state index < -0.39 is 5.91 Å². The van der Waals surface area contributed by atoms with Gasteiger partial charge in [0.1, 0.15) is 0 Å². The first-order valence-electron chi connectivity index (χ1n) is 6.96. The first-order chi connectivity index (χ1) is 9.31. The number of anilines is 2. The molecule has 3 atom stereocenters. The summed E-state index contributed by atoms with van der Waals surface area (Å²) in [5.74, 6) is 0.593. The molecule has 1 amide bonds. The normalized spacial score (nSPS) is 26.6. The molecular formula is C15H22ClN3O. The molecule has 0 aromatic heterocycles. The number of carbonyl (C=O) groups is 1. The first-order valence-corrected chi connectivity index (χ1v) is 7.34. The Morgan fingerprint density at radius 2 is 2.00 bits per heavy atom. The van der Waals surface area contributed by atoms with Crippen molar-refractivity contribution in [3.8, 4) is 0 Å². The Kier molecular flexibility index (Phi) is 4.14. The third-order valence-corrected chi connectivity index (χ3v) is 4.52. The number of hydrogen-bond acceptors (Lipinski definition) is 3. The maximum Gasteiger partial charge on any atom is 0.250 e. The molecule has 1 saturated heterocycles. The van der Waals surface area contributed by atoms with E-state index in [1.54, 1.807) is 12.1 Å². The zero-order chi connectivity index (χ0) is 15.0. The summed E-state index contributed by atoms with van der Waals surface area (Å²) in [4.78, 5) is 13.9. The molecule has 2 rings (SSSR count). The maximum atomic E-state index is 11.7. The van der Waals surface area contributed by atoms with Gasteiger partial charge < -0.3 is 16.4 Å². The van der Waals surface area contributed by atoms with E-state index in [0.29, 0.717) is 34.2 Å². The van der Waals surface area contributed by atoms with Crippen LogP contribution in [0.5, 0.6) is 0 Å². The monoisotopic (exact) mass is 295 g/mol. The molecule has 110 valence electrons. The van der Waals surface area contributed by atoms with Gasteiger partial charge in [0.25, 0.3) is 5.91 Å². The van der Waals surface area contributed by atoms with Crippen molar-refractivity contribution >= 4 is 28.9 Å². The van der Waals surface area contributed by atoms with Crippen molar-refractivity contribution in [1.29, 1.82) is 0 Å². The van der Waals surface area contributed by atoms with Gasteiger partial charge in [-0.25, -0.2) is 0 Å². The van der Waals surface area contributed by atoms with Crippen LogP contribution in [-0.2, 0) is 0 Å². The molecule has 1 fully saturated rings. The largest absolute Gasteiger partial charge is 0.399 e. The number of benzene rings is 1. The third kappa shape index (κ3) is 2.70. The van der Waals surface area contributed by atoms with Gasteiger partial charge in [0.05, 0.1) is 16.3 Å². The highest BCUT2D eigenvalue weighted by atomic mass is 35.5. The van der Waals surface area contributed by atoms with E-state index in [0.717, 1.165) is 12.2 Å². The first kappa shape index (κ1) is 15.0. The van der Waals surface area contributed by atoms with E-state index in [9.17, 15) is 4.79 Å². The minimum Gasteiger partial charge on any atom is -0.399 e. The molecule has 5 heteroatoms. The van der Waals surface area contributed by atoms with E-state index in [-0.39, 0.29) is 0 Å². The number of nitrogens with two attached hydrogens (primary N) is 2. The van der Waals surface area contributed by atoms with Crippen molar-refractivity contribution in [3.05, 3.63) is 22.7 Å². The van der Waals surface area contributed by atoms with Gasteiger partial charge in [-0.15, -0.1) is 0 Å². The zero-order valence-electron chi connectivity index (χ0n) is 12.2. The SMILES string of the molecule is CC1CC(C)C(C)N(c2c(Cl)cc(N)cc2C(N)=O)C1. The summed E-state index contributed by atoms with van der Waals surface area (Å²) < 4.78 is 0. The highest BCUT2D eigenvalue weighted by Gasteiger charge is 2.32. The summed E-state index contributed by atoms with van der Waals surface area (Å²) in [6.45, 7) is 7.47. The van der Waals surface area contributed by atoms with E-state index in [1.807, 2.05) is 0 Å². The summed E-state index contributed by atoms with van der Waals surface area (Å²) >= 11 is 6.34. The van der Waals surface area contributed by atoms with Gasteiger partial charge in [-0.2, -0.15) is 0 Å². The second kappa shape index (κ2) is 5.52. The smallest absolute Gasteiger partial charge is 0.250 e. The fourth-order valence-corrected chi connectivity index (χ4v) is 3.45. The number of rotatable bonds is 2. The molecule has 3 unspecified atom stereocenters. The van der Waals surface area contributed by atoms with Crippen LogP contribution in [0.4, 0.5) is 11.4 Å². The number of halogens is 1. The predicted octanol–water partition coefficient (Wildman–Crippen LogP) is 2.89. The van der Waals surface area contributed by atoms with Crippen LogP contribution in [0.25, 0.3) is 0 Å². The van der Waals surface area contributed by atoms with Crippen molar-refractivity contribution < 1.29 is 4.79 Å². The van der Waals surface area contributed by atoms with Gasteiger partial charge in [-0.3, -0.25) is 4.79 Å². The van der Waals surface area contributed by atoms with Gasteiger partial charge >= 0.3 is 0 Å². The molecule has 1 aliphatic heterocycles. The number of amides is 1. The van der Waals surface area contributed by atoms with Crippen LogP contribution in [0, 0.1) is 11.8 Å². The topological polar surface area (TPSA) is 72.3 Å². The second-order valence-corrected chi connectivity index (χ2v) is 6.38. The molecule has 4 N–H and O–H groups in total. The van der Waals surface area contributed by atoms with Crippen molar-refractivity contribution in [2.75, 3.05) is 17.2 Å². The van der Waals surface area contributed by atoms with Crippen LogP contribution < -0.4 is 16.4 Å². The Labute approximate surface area is 125 Å². The van der Waals surface area contributed by atoms with Gasteiger partial charge in [0.15, 0.2) is 0 Å². The van der Waals surface area contributed by atoms with Crippen LogP contribution in [-0.4, -0.2) is 18.5 Å². The lowest BCUT2D eigenvalue weighted by atomic mass is 9.85. The molecule has 1 aromatic carbocycles. The van der Waals surface area contributed by atoms with E-state index in [4.69, 9.17) is 23.1 Å². The maximum absolute atomic E-state index is 11.7. The highest BCUT2D eigenvalue weighted by Crippen LogP contribution is 2.38. The molecule has 0 bridgehead atoms. The molecule has 4 nitrogen and oxygen atoms in total. The number of carbonyl (C=O) groups excluding carboxylic acids is 1. The van der Waals surface area contributed by atoms with E-state index in [1.165, 1.54) is 6.42 Å². The lowest BCUT2D eigenvalue weighted by Crippen LogP contribution is -2.46. The van der Waals surface area contributed by atoms with Crippen LogP contribution in [0.15, 0.2) is 12.1 Å². The van der Waals surface area contributed by atoms with Gasteiger partial charge in [-0.05, 0) is 37.3 Å². The number of piperidine rings is 1. The molecule has 0 saturated carbocycles. The molecule has 0 aliphatic carbocycles. The van der Waals surface area contributed by atoms with E-state index in [2.05, 4.69) is 25.7 Å². The lowest BCUT2D eigenvalue weighted by molar-refractivity contribution is 0.100. The predicted molar refractivity (Wildman–Crippen MR) is 84.1 cm³/mol. The summed E-state index contributed by atoms with van der Waals surface area (Å²) in [6.07, 6.45) is 1.18. The van der Waals surface area contributed by atoms with Crippen LogP contribution in [0.3, 0.4) is 0 Å². The number of primary amides is 1. The minimum absolute atomic E-state index is 0.311. The molecular weight excluding hydrogens is 274 g/mol. The highest BCUT2D eigenvalue weighted by molar-refractivity contribution is 6.34. The van der Waals surface area contributed by atoms with Gasteiger partial charge in [0, 0.05) is 18.3 Å². The summed E-state index contributed by atoms with van der Waals surface area (Å²) in [7, 11) is 0.